The minimum atomic E-state index is -4.64. The third-order valence-corrected chi connectivity index (χ3v) is 5.83. The van der Waals surface area contributed by atoms with Gasteiger partial charge in [-0.2, -0.15) is 8.42 Å². The van der Waals surface area contributed by atoms with Crippen molar-refractivity contribution >= 4 is 38.4 Å². The predicted molar refractivity (Wildman–Crippen MR) is 85.1 cm³/mol. The molecule has 128 valence electrons. The zero-order chi connectivity index (χ0) is 17.4. The van der Waals surface area contributed by atoms with Crippen LogP contribution >= 0.6 is 11.3 Å². The van der Waals surface area contributed by atoms with Crippen molar-refractivity contribution in [3.05, 3.63) is 16.0 Å². The lowest BCUT2D eigenvalue weighted by Crippen LogP contribution is -2.26. The fraction of sp³-hybridized carbons (Fsp3) is 0.571. The number of anilines is 1. The fourth-order valence-corrected chi connectivity index (χ4v) is 4.57. The normalized spacial score (nSPS) is 18.5. The van der Waals surface area contributed by atoms with Gasteiger partial charge in [0.2, 0.25) is 5.91 Å². The number of rotatable bonds is 5. The third kappa shape index (κ3) is 3.89. The molecular formula is C14H18FNO5S2. The largest absolute Gasteiger partial charge is 0.462 e. The van der Waals surface area contributed by atoms with E-state index in [4.69, 9.17) is 4.74 Å². The lowest BCUT2D eigenvalue weighted by molar-refractivity contribution is -0.117. The molecule has 1 aliphatic rings. The van der Waals surface area contributed by atoms with Crippen molar-refractivity contribution in [2.75, 3.05) is 23.8 Å². The Kier molecular flexibility index (Phi) is 5.10. The van der Waals surface area contributed by atoms with Crippen LogP contribution in [0.25, 0.3) is 0 Å². The molecular weight excluding hydrogens is 345 g/mol. The smallest absolute Gasteiger partial charge is 0.341 e. The molecule has 0 aliphatic carbocycles. The first-order valence-electron chi connectivity index (χ1n) is 7.13. The molecule has 0 aromatic carbocycles. The van der Waals surface area contributed by atoms with E-state index in [2.05, 4.69) is 0 Å². The van der Waals surface area contributed by atoms with E-state index in [-0.39, 0.29) is 25.5 Å². The van der Waals surface area contributed by atoms with Crippen LogP contribution in [0.15, 0.2) is 0 Å². The van der Waals surface area contributed by atoms with Crippen LogP contribution in [0.4, 0.5) is 8.89 Å². The van der Waals surface area contributed by atoms with Gasteiger partial charge in [-0.05, 0) is 26.3 Å². The Labute approximate surface area is 138 Å². The quantitative estimate of drug-likeness (QED) is 0.592. The predicted octanol–water partition coefficient (Wildman–Crippen LogP) is 2.19. The molecule has 1 aliphatic heterocycles. The maximum atomic E-state index is 12.8. The molecule has 1 atom stereocenters. The zero-order valence-corrected chi connectivity index (χ0v) is 14.7. The van der Waals surface area contributed by atoms with Gasteiger partial charge in [0, 0.05) is 23.8 Å². The van der Waals surface area contributed by atoms with Gasteiger partial charge in [-0.15, -0.1) is 15.2 Å². The van der Waals surface area contributed by atoms with Crippen LogP contribution in [-0.2, 0) is 19.8 Å². The van der Waals surface area contributed by atoms with Gasteiger partial charge >= 0.3 is 16.2 Å². The van der Waals surface area contributed by atoms with Crippen molar-refractivity contribution in [3.8, 4) is 0 Å². The van der Waals surface area contributed by atoms with Crippen LogP contribution in [0.1, 0.15) is 34.1 Å². The molecule has 1 amide bonds. The Bertz CT molecular complexity index is 741. The number of carbonyl (C=O) groups excluding carboxylic acids is 2. The first kappa shape index (κ1) is 17.9. The first-order chi connectivity index (χ1) is 10.6. The number of thiophene rings is 1. The van der Waals surface area contributed by atoms with Gasteiger partial charge in [0.15, 0.2) is 0 Å². The monoisotopic (exact) mass is 363 g/mol. The molecule has 0 N–H and O–H groups in total. The third-order valence-electron chi connectivity index (χ3n) is 3.73. The summed E-state index contributed by atoms with van der Waals surface area (Å²) in [5, 5.41) is 0.446. The van der Waals surface area contributed by atoms with Crippen molar-refractivity contribution in [1.29, 1.82) is 0 Å². The molecule has 9 heteroatoms. The highest BCUT2D eigenvalue weighted by Crippen LogP contribution is 2.39. The zero-order valence-electron chi connectivity index (χ0n) is 13.1. The van der Waals surface area contributed by atoms with Crippen LogP contribution in [-0.4, -0.2) is 39.2 Å². The van der Waals surface area contributed by atoms with Gasteiger partial charge in [0.1, 0.15) is 5.00 Å². The molecule has 0 saturated carbocycles. The molecule has 1 aromatic heterocycles. The molecule has 1 aromatic rings. The minimum absolute atomic E-state index is 0.0542. The Morgan fingerprint density at radius 2 is 2.09 bits per heavy atom. The van der Waals surface area contributed by atoms with Crippen molar-refractivity contribution in [1.82, 2.24) is 0 Å². The van der Waals surface area contributed by atoms with Gasteiger partial charge in [-0.25, -0.2) is 4.79 Å². The molecule has 23 heavy (non-hydrogen) atoms. The maximum absolute atomic E-state index is 12.8. The summed E-state index contributed by atoms with van der Waals surface area (Å²) in [4.78, 5) is 26.6. The Morgan fingerprint density at radius 1 is 1.43 bits per heavy atom. The maximum Gasteiger partial charge on any atom is 0.341 e. The van der Waals surface area contributed by atoms with Crippen molar-refractivity contribution in [2.45, 2.75) is 27.2 Å². The van der Waals surface area contributed by atoms with Gasteiger partial charge in [-0.3, -0.25) is 4.79 Å². The summed E-state index contributed by atoms with van der Waals surface area (Å²) in [6, 6.07) is 0. The number of halogens is 1. The standard InChI is InChI=1S/C14H18FNO5S2/c1-4-21-14(18)12-8(2)9(3)22-13(12)16-6-10(5-11(16)17)7-23(15,19)20/h10H,4-7H2,1-3H3. The van der Waals surface area contributed by atoms with Gasteiger partial charge < -0.3 is 9.64 Å². The highest BCUT2D eigenvalue weighted by molar-refractivity contribution is 7.86. The van der Waals surface area contributed by atoms with E-state index < -0.39 is 27.9 Å². The second kappa shape index (κ2) is 6.56. The van der Waals surface area contributed by atoms with E-state index >= 15 is 0 Å². The number of aryl methyl sites for hydroxylation is 1. The van der Waals surface area contributed by atoms with Crippen molar-refractivity contribution in [2.24, 2.45) is 5.92 Å². The van der Waals surface area contributed by atoms with Gasteiger partial charge in [0.05, 0.1) is 17.9 Å². The molecule has 1 fully saturated rings. The number of carbonyl (C=O) groups is 2. The summed E-state index contributed by atoms with van der Waals surface area (Å²) in [5.41, 5.74) is 1.06. The number of hydrogen-bond acceptors (Lipinski definition) is 6. The molecule has 0 spiro atoms. The Hall–Kier alpha value is -1.48. The second-order valence-electron chi connectivity index (χ2n) is 5.46. The SMILES string of the molecule is CCOC(=O)c1c(N2CC(CS(=O)(=O)F)CC2=O)sc(C)c1C. The minimum Gasteiger partial charge on any atom is -0.462 e. The van der Waals surface area contributed by atoms with Crippen LogP contribution < -0.4 is 4.90 Å². The van der Waals surface area contributed by atoms with E-state index in [1.807, 2.05) is 6.92 Å². The molecule has 0 bridgehead atoms. The lowest BCUT2D eigenvalue weighted by Gasteiger charge is -2.16. The second-order valence-corrected chi connectivity index (χ2v) is 8.08. The van der Waals surface area contributed by atoms with E-state index in [0.29, 0.717) is 10.6 Å². The Balaban J connectivity index is 2.33. The number of nitrogens with zero attached hydrogens (tertiary/aromatic N) is 1. The topological polar surface area (TPSA) is 80.8 Å². The highest BCUT2D eigenvalue weighted by atomic mass is 32.3. The number of esters is 1. The van der Waals surface area contributed by atoms with E-state index in [1.54, 1.807) is 13.8 Å². The fourth-order valence-electron chi connectivity index (χ4n) is 2.61. The first-order valence-corrected chi connectivity index (χ1v) is 9.50. The summed E-state index contributed by atoms with van der Waals surface area (Å²) in [7, 11) is -4.64. The van der Waals surface area contributed by atoms with E-state index in [9.17, 15) is 21.9 Å². The summed E-state index contributed by atoms with van der Waals surface area (Å²) in [6.45, 7) is 5.58. The van der Waals surface area contributed by atoms with Crippen LogP contribution in [0.2, 0.25) is 0 Å². The summed E-state index contributed by atoms with van der Waals surface area (Å²) in [6.07, 6.45) is -0.0542. The van der Waals surface area contributed by atoms with E-state index in [1.165, 1.54) is 16.2 Å². The Morgan fingerprint density at radius 3 is 2.65 bits per heavy atom. The summed E-state index contributed by atoms with van der Waals surface area (Å²) in [5.74, 6) is -2.13. The van der Waals surface area contributed by atoms with Crippen LogP contribution in [0.3, 0.4) is 0 Å². The average molecular weight is 363 g/mol. The van der Waals surface area contributed by atoms with Crippen molar-refractivity contribution < 1.29 is 26.6 Å². The number of amides is 1. The summed E-state index contributed by atoms with van der Waals surface area (Å²) >= 11 is 1.28. The van der Waals surface area contributed by atoms with E-state index in [0.717, 1.165) is 10.4 Å². The van der Waals surface area contributed by atoms with Crippen LogP contribution in [0.5, 0.6) is 0 Å². The molecule has 6 nitrogen and oxygen atoms in total. The summed E-state index contributed by atoms with van der Waals surface area (Å²) < 4.78 is 39.5. The number of ether oxygens (including phenoxy) is 1. The molecule has 0 radical (unpaired) electrons. The number of hydrogen-bond donors (Lipinski definition) is 0. The molecule has 1 unspecified atom stereocenters. The highest BCUT2D eigenvalue weighted by Gasteiger charge is 2.37. The van der Waals surface area contributed by atoms with Crippen LogP contribution in [0, 0.1) is 19.8 Å². The molecule has 2 rings (SSSR count). The van der Waals surface area contributed by atoms with Crippen molar-refractivity contribution in [3.63, 3.8) is 0 Å². The lowest BCUT2D eigenvalue weighted by atomic mass is 10.1. The molecule has 1 saturated heterocycles. The van der Waals surface area contributed by atoms with Gasteiger partial charge in [-0.1, -0.05) is 0 Å². The average Bonchev–Trinajstić information content (AvgIpc) is 2.89. The van der Waals surface area contributed by atoms with Gasteiger partial charge in [0.25, 0.3) is 0 Å². The molecule has 2 heterocycles.